The van der Waals surface area contributed by atoms with E-state index in [0.29, 0.717) is 5.95 Å². The number of nitrogens with one attached hydrogen (secondary N) is 1. The maximum Gasteiger partial charge on any atom is 0.227 e. The van der Waals surface area contributed by atoms with E-state index in [1.54, 1.807) is 12.4 Å². The third-order valence-electron chi connectivity index (χ3n) is 6.49. The summed E-state index contributed by atoms with van der Waals surface area (Å²) in [5.74, 6) is 0.552. The monoisotopic (exact) mass is 467 g/mol. The Bertz CT molecular complexity index is 1140. The summed E-state index contributed by atoms with van der Waals surface area (Å²) in [5.41, 5.74) is 7.41. The molecule has 0 amide bonds. The van der Waals surface area contributed by atoms with E-state index in [1.165, 1.54) is 62.7 Å². The van der Waals surface area contributed by atoms with Crippen LogP contribution < -0.4 is 5.32 Å². The van der Waals surface area contributed by atoms with Crippen molar-refractivity contribution < 1.29 is 0 Å². The Balaban J connectivity index is 1.27. The van der Waals surface area contributed by atoms with Crippen molar-refractivity contribution in [1.82, 2.24) is 19.9 Å². The second kappa shape index (κ2) is 12.4. The average molecular weight is 468 g/mol. The zero-order valence-corrected chi connectivity index (χ0v) is 21.1. The molecule has 0 radical (unpaired) electrons. The van der Waals surface area contributed by atoms with Crippen molar-refractivity contribution in [2.24, 2.45) is 0 Å². The maximum atomic E-state index is 4.71. The van der Waals surface area contributed by atoms with Gasteiger partial charge in [-0.15, -0.1) is 0 Å². The molecule has 0 saturated heterocycles. The molecule has 1 aliphatic rings. The van der Waals surface area contributed by atoms with E-state index in [-0.39, 0.29) is 0 Å². The van der Waals surface area contributed by atoms with Gasteiger partial charge in [-0.2, -0.15) is 0 Å². The van der Waals surface area contributed by atoms with Crippen LogP contribution in [0.15, 0.2) is 67.6 Å². The van der Waals surface area contributed by atoms with E-state index in [1.807, 2.05) is 18.3 Å². The maximum absolute atomic E-state index is 4.71. The van der Waals surface area contributed by atoms with Crippen LogP contribution in [0, 0.1) is 0 Å². The van der Waals surface area contributed by atoms with Gasteiger partial charge in [0.25, 0.3) is 0 Å². The third-order valence-corrected chi connectivity index (χ3v) is 6.49. The van der Waals surface area contributed by atoms with E-state index in [4.69, 9.17) is 4.98 Å². The van der Waals surface area contributed by atoms with Crippen molar-refractivity contribution >= 4 is 22.8 Å². The van der Waals surface area contributed by atoms with Crippen molar-refractivity contribution in [3.05, 3.63) is 90.0 Å². The lowest BCUT2D eigenvalue weighted by molar-refractivity contribution is 0.324. The van der Waals surface area contributed by atoms with Crippen LogP contribution >= 0.6 is 0 Å². The minimum atomic E-state index is 0.552. The fraction of sp³-hybridized carbons (Fsp3) is 0.367. The second-order valence-corrected chi connectivity index (χ2v) is 9.42. The van der Waals surface area contributed by atoms with Crippen LogP contribution in [0.3, 0.4) is 0 Å². The number of rotatable bonds is 13. The lowest BCUT2D eigenvalue weighted by Crippen LogP contribution is -2.20. The van der Waals surface area contributed by atoms with Crippen LogP contribution in [0.1, 0.15) is 67.8 Å². The number of pyridine rings is 1. The van der Waals surface area contributed by atoms with Crippen molar-refractivity contribution in [2.75, 3.05) is 25.5 Å². The molecule has 0 fully saturated rings. The molecule has 5 nitrogen and oxygen atoms in total. The number of aryl methyl sites for hydroxylation is 1. The van der Waals surface area contributed by atoms with E-state index in [0.717, 1.165) is 34.5 Å². The zero-order valence-electron chi connectivity index (χ0n) is 21.1. The topological polar surface area (TPSA) is 53.9 Å². The van der Waals surface area contributed by atoms with E-state index in [2.05, 4.69) is 71.1 Å². The molecule has 0 saturated carbocycles. The molecule has 182 valence electrons. The average Bonchev–Trinajstić information content (AvgIpc) is 3.20. The molecule has 0 atom stereocenters. The molecule has 0 spiro atoms. The van der Waals surface area contributed by atoms with Gasteiger partial charge in [-0.05, 0) is 86.3 Å². The number of allylic oxidation sites excluding steroid dienone is 2. The van der Waals surface area contributed by atoms with Gasteiger partial charge in [0.1, 0.15) is 0 Å². The summed E-state index contributed by atoms with van der Waals surface area (Å²) in [6, 6.07) is 12.8. The van der Waals surface area contributed by atoms with Gasteiger partial charge in [-0.25, -0.2) is 9.97 Å². The highest BCUT2D eigenvalue weighted by Crippen LogP contribution is 2.37. The van der Waals surface area contributed by atoms with Crippen molar-refractivity contribution in [2.45, 2.75) is 51.9 Å². The zero-order chi connectivity index (χ0) is 24.5. The number of unbranched alkanes of at least 4 members (excludes halogenated alkanes) is 4. The first-order chi connectivity index (χ1) is 17.1. The number of fused-ring (bicyclic) bond motifs is 1. The molecule has 1 N–H and O–H groups in total. The molecular formula is C30H37N5. The number of aromatic nitrogens is 3. The highest BCUT2D eigenvalue weighted by molar-refractivity contribution is 5.99. The predicted molar refractivity (Wildman–Crippen MR) is 147 cm³/mol. The molecule has 0 aliphatic heterocycles. The van der Waals surface area contributed by atoms with Crippen LogP contribution in [-0.4, -0.2) is 40.0 Å². The van der Waals surface area contributed by atoms with E-state index >= 15 is 0 Å². The fourth-order valence-corrected chi connectivity index (χ4v) is 4.59. The largest absolute Gasteiger partial charge is 0.323 e. The molecule has 3 aromatic rings. The number of hydrogen-bond acceptors (Lipinski definition) is 5. The van der Waals surface area contributed by atoms with E-state index < -0.39 is 0 Å². The summed E-state index contributed by atoms with van der Waals surface area (Å²) in [6.07, 6.45) is 16.4. The minimum Gasteiger partial charge on any atom is -0.323 e. The number of anilines is 2. The number of benzene rings is 1. The Morgan fingerprint density at radius 2 is 1.74 bits per heavy atom. The summed E-state index contributed by atoms with van der Waals surface area (Å²) < 4.78 is 0. The molecule has 5 heteroatoms. The molecular weight excluding hydrogens is 430 g/mol. The van der Waals surface area contributed by atoms with Gasteiger partial charge in [-0.1, -0.05) is 57.0 Å². The highest BCUT2D eigenvalue weighted by atomic mass is 15.1. The molecule has 1 aromatic carbocycles. The Kier molecular flexibility index (Phi) is 8.79. The quantitative estimate of drug-likeness (QED) is 0.277. The number of hydrogen-bond donors (Lipinski definition) is 1. The first kappa shape index (κ1) is 24.8. The van der Waals surface area contributed by atoms with Crippen LogP contribution in [0.4, 0.5) is 11.6 Å². The Labute approximate surface area is 210 Å². The summed E-state index contributed by atoms with van der Waals surface area (Å²) in [7, 11) is 2.23. The van der Waals surface area contributed by atoms with Crippen molar-refractivity contribution in [1.29, 1.82) is 0 Å². The van der Waals surface area contributed by atoms with Crippen LogP contribution in [0.5, 0.6) is 0 Å². The van der Waals surface area contributed by atoms with Crippen LogP contribution in [0.25, 0.3) is 11.1 Å². The molecule has 2 aromatic heterocycles. The summed E-state index contributed by atoms with van der Waals surface area (Å²) in [6.45, 7) is 8.91. The number of nitrogens with zero attached hydrogens (tertiary/aromatic N) is 4. The summed E-state index contributed by atoms with van der Waals surface area (Å²) in [5, 5.41) is 3.21. The van der Waals surface area contributed by atoms with Gasteiger partial charge in [0.2, 0.25) is 5.95 Å². The highest BCUT2D eigenvalue weighted by Gasteiger charge is 2.21. The lowest BCUT2D eigenvalue weighted by atomic mass is 9.99. The normalized spacial score (nSPS) is 12.7. The molecule has 2 heterocycles. The second-order valence-electron chi connectivity index (χ2n) is 9.42. The minimum absolute atomic E-state index is 0.552. The summed E-state index contributed by atoms with van der Waals surface area (Å²) in [4.78, 5) is 15.8. The van der Waals surface area contributed by atoms with Crippen molar-refractivity contribution in [3.8, 4) is 0 Å². The predicted octanol–water partition coefficient (Wildman–Crippen LogP) is 6.91. The van der Waals surface area contributed by atoms with Gasteiger partial charge in [-0.3, -0.25) is 4.98 Å². The smallest absolute Gasteiger partial charge is 0.227 e. The van der Waals surface area contributed by atoms with Crippen LogP contribution in [0.2, 0.25) is 0 Å². The molecule has 0 bridgehead atoms. The Hall–Kier alpha value is -3.31. The SMILES string of the molecule is C=C1C=C(c2ccc(CCCCCCCN(C)CCC)cc2)c2cnc(Nc3cccnc3)nc21. The van der Waals surface area contributed by atoms with Gasteiger partial charge < -0.3 is 10.2 Å². The molecule has 35 heavy (non-hydrogen) atoms. The van der Waals surface area contributed by atoms with Gasteiger partial charge >= 0.3 is 0 Å². The Morgan fingerprint density at radius 1 is 0.943 bits per heavy atom. The molecule has 1 aliphatic carbocycles. The van der Waals surface area contributed by atoms with Gasteiger partial charge in [0.15, 0.2) is 0 Å². The third kappa shape index (κ3) is 6.86. The van der Waals surface area contributed by atoms with Gasteiger partial charge in [0, 0.05) is 18.0 Å². The summed E-state index contributed by atoms with van der Waals surface area (Å²) >= 11 is 0. The molecule has 0 unspecified atom stereocenters. The molecule has 4 rings (SSSR count). The lowest BCUT2D eigenvalue weighted by Gasteiger charge is -2.14. The first-order valence-corrected chi connectivity index (χ1v) is 12.9. The fourth-order valence-electron chi connectivity index (χ4n) is 4.59. The van der Waals surface area contributed by atoms with Crippen LogP contribution in [-0.2, 0) is 6.42 Å². The Morgan fingerprint density at radius 3 is 2.51 bits per heavy atom. The first-order valence-electron chi connectivity index (χ1n) is 12.9. The standard InChI is InChI=1S/C30H37N5/c1-4-18-35(3)19-9-7-5-6-8-11-24-13-15-25(16-14-24)27-20-23(2)29-28(27)22-32-30(34-29)33-26-12-10-17-31-21-26/h10,12-17,20-22H,2,4-9,11,18-19H2,1,3H3,(H,32,33,34). The van der Waals surface area contributed by atoms with Crippen molar-refractivity contribution in [3.63, 3.8) is 0 Å². The van der Waals surface area contributed by atoms with E-state index in [9.17, 15) is 0 Å². The van der Waals surface area contributed by atoms with Gasteiger partial charge in [0.05, 0.1) is 17.6 Å².